The Labute approximate surface area is 196 Å². The van der Waals surface area contributed by atoms with Crippen molar-refractivity contribution in [2.45, 2.75) is 39.7 Å². The van der Waals surface area contributed by atoms with Gasteiger partial charge in [-0.05, 0) is 48.8 Å². The fourth-order valence-electron chi connectivity index (χ4n) is 4.12. The van der Waals surface area contributed by atoms with Crippen molar-refractivity contribution >= 4 is 17.7 Å². The van der Waals surface area contributed by atoms with Crippen LogP contribution in [0.5, 0.6) is 0 Å². The van der Waals surface area contributed by atoms with Crippen molar-refractivity contribution in [2.75, 3.05) is 0 Å². The van der Waals surface area contributed by atoms with Gasteiger partial charge in [-0.25, -0.2) is 4.99 Å². The second-order valence-corrected chi connectivity index (χ2v) is 7.87. The largest absolute Gasteiger partial charge is 0.262 e. The summed E-state index contributed by atoms with van der Waals surface area (Å²) in [6, 6.07) is 7.90. The van der Waals surface area contributed by atoms with Gasteiger partial charge in [0, 0.05) is 36.1 Å². The standard InChI is InChI=1S/C31H26N2/c1-4-26(24-14-9-7-6-8-10-15-24)29-19-17-25-18-20-30(31(29)32-5-2)33-22-21-28(25)27-16-12-11-13-23(27)3/h4-5,7,9,11-14,16-17,19,25,30H,6,15H2,1-3H3/b9-7-,19-17-,24-14+,26-4-,31-29-,32-5-. The van der Waals surface area contributed by atoms with Crippen LogP contribution in [0.25, 0.3) is 5.57 Å². The minimum Gasteiger partial charge on any atom is -0.262 e. The van der Waals surface area contributed by atoms with E-state index < -0.39 is 6.04 Å². The van der Waals surface area contributed by atoms with Gasteiger partial charge in [0.05, 0.1) is 11.6 Å². The van der Waals surface area contributed by atoms with Crippen LogP contribution in [0.3, 0.4) is 0 Å². The number of aliphatic imine (C=N–C) groups is 2. The highest BCUT2D eigenvalue weighted by molar-refractivity contribution is 5.79. The molecule has 4 rings (SSSR count). The first-order valence-corrected chi connectivity index (χ1v) is 11.3. The fourth-order valence-corrected chi connectivity index (χ4v) is 4.12. The Kier molecular flexibility index (Phi) is 7.05. The molecule has 1 aliphatic heterocycles. The summed E-state index contributed by atoms with van der Waals surface area (Å²) in [4.78, 5) is 9.37. The van der Waals surface area contributed by atoms with Gasteiger partial charge in [-0.1, -0.05) is 84.4 Å². The van der Waals surface area contributed by atoms with E-state index in [1.165, 1.54) is 11.1 Å². The first-order chi connectivity index (χ1) is 16.2. The number of hydrogen-bond acceptors (Lipinski definition) is 2. The monoisotopic (exact) mass is 426 g/mol. The van der Waals surface area contributed by atoms with Gasteiger partial charge in [-0.3, -0.25) is 4.99 Å². The molecule has 0 aromatic heterocycles. The van der Waals surface area contributed by atoms with E-state index in [4.69, 9.17) is 4.99 Å². The van der Waals surface area contributed by atoms with Crippen molar-refractivity contribution in [3.05, 3.63) is 100.0 Å². The highest BCUT2D eigenvalue weighted by Crippen LogP contribution is 2.33. The van der Waals surface area contributed by atoms with Crippen LogP contribution in [0.1, 0.15) is 37.8 Å². The predicted octanol–water partition coefficient (Wildman–Crippen LogP) is 6.35. The molecule has 0 saturated heterocycles. The summed E-state index contributed by atoms with van der Waals surface area (Å²) in [6.45, 7) is 6.08. The van der Waals surface area contributed by atoms with Crippen LogP contribution < -0.4 is 0 Å². The first-order valence-electron chi connectivity index (χ1n) is 11.3. The SMILES string of the molecule is C\C=N/C1=C(C(=C/C)\C2=C\C=C/CC#CC2)/C=C\C2C#CC1N=C=C=C2c1ccccc1C. The molecule has 1 heterocycles. The number of fused-ring (bicyclic) bond motifs is 2. The van der Waals surface area contributed by atoms with E-state index >= 15 is 0 Å². The number of benzene rings is 1. The molecule has 0 N–H and O–H groups in total. The maximum Gasteiger partial charge on any atom is 0.163 e. The number of hydrogen-bond donors (Lipinski definition) is 0. The molecule has 0 radical (unpaired) electrons. The Bertz CT molecular complexity index is 1370. The van der Waals surface area contributed by atoms with Crippen LogP contribution in [0.2, 0.25) is 0 Å². The summed E-state index contributed by atoms with van der Waals surface area (Å²) in [5.74, 6) is 16.2. The van der Waals surface area contributed by atoms with Crippen molar-refractivity contribution in [3.8, 4) is 23.7 Å². The van der Waals surface area contributed by atoms with Crippen LogP contribution >= 0.6 is 0 Å². The molecule has 2 bridgehead atoms. The van der Waals surface area contributed by atoms with Crippen LogP contribution in [-0.4, -0.2) is 18.1 Å². The zero-order valence-corrected chi connectivity index (χ0v) is 19.3. The normalized spacial score (nSPS) is 27.3. The predicted molar refractivity (Wildman–Crippen MR) is 139 cm³/mol. The van der Waals surface area contributed by atoms with Crippen molar-refractivity contribution in [1.82, 2.24) is 0 Å². The lowest BCUT2D eigenvalue weighted by Crippen LogP contribution is -2.13. The first kappa shape index (κ1) is 22.1. The molecule has 0 saturated carbocycles. The topological polar surface area (TPSA) is 24.7 Å². The quantitative estimate of drug-likeness (QED) is 0.305. The summed E-state index contributed by atoms with van der Waals surface area (Å²) < 4.78 is 0. The molecule has 0 amide bonds. The van der Waals surface area contributed by atoms with Crippen molar-refractivity contribution in [2.24, 2.45) is 15.9 Å². The molecule has 2 unspecified atom stereocenters. The van der Waals surface area contributed by atoms with Gasteiger partial charge < -0.3 is 0 Å². The van der Waals surface area contributed by atoms with E-state index in [0.717, 1.165) is 34.4 Å². The Morgan fingerprint density at radius 3 is 2.85 bits per heavy atom. The van der Waals surface area contributed by atoms with Gasteiger partial charge in [0.1, 0.15) is 0 Å². The Hall–Kier alpha value is -4.06. The van der Waals surface area contributed by atoms with Crippen LogP contribution in [0.4, 0.5) is 0 Å². The van der Waals surface area contributed by atoms with Gasteiger partial charge in [-0.15, -0.1) is 0 Å². The van der Waals surface area contributed by atoms with E-state index in [2.05, 4.69) is 103 Å². The number of nitrogens with zero attached hydrogens (tertiary/aromatic N) is 2. The zero-order chi connectivity index (χ0) is 23.0. The second-order valence-electron chi connectivity index (χ2n) is 7.87. The lowest BCUT2D eigenvalue weighted by atomic mass is 9.85. The minimum absolute atomic E-state index is 0.108. The van der Waals surface area contributed by atoms with E-state index in [9.17, 15) is 0 Å². The van der Waals surface area contributed by atoms with Crippen molar-refractivity contribution in [3.63, 3.8) is 0 Å². The maximum absolute atomic E-state index is 4.72. The van der Waals surface area contributed by atoms with E-state index in [1.54, 1.807) is 6.21 Å². The molecule has 160 valence electrons. The molecule has 1 aromatic carbocycles. The average Bonchev–Trinajstić information content (AvgIpc) is 2.77. The fraction of sp³-hybridized carbons (Fsp3) is 0.226. The van der Waals surface area contributed by atoms with E-state index in [1.807, 2.05) is 19.1 Å². The summed E-state index contributed by atoms with van der Waals surface area (Å²) in [5, 5.41) is 0. The average molecular weight is 427 g/mol. The molecular formula is C31H26N2. The zero-order valence-electron chi connectivity index (χ0n) is 19.3. The highest BCUT2D eigenvalue weighted by atomic mass is 14.9. The smallest absolute Gasteiger partial charge is 0.163 e. The molecule has 2 nitrogen and oxygen atoms in total. The number of allylic oxidation sites excluding steroid dienone is 10. The molecule has 1 aromatic rings. The van der Waals surface area contributed by atoms with Crippen LogP contribution in [0, 0.1) is 36.5 Å². The van der Waals surface area contributed by atoms with Crippen LogP contribution in [0.15, 0.2) is 98.9 Å². The second kappa shape index (κ2) is 10.5. The van der Waals surface area contributed by atoms with Gasteiger partial charge in [0.15, 0.2) is 6.04 Å². The Morgan fingerprint density at radius 2 is 2.03 bits per heavy atom. The number of aryl methyl sites for hydroxylation is 1. The minimum atomic E-state index is -0.402. The molecule has 33 heavy (non-hydrogen) atoms. The molecule has 2 atom stereocenters. The lowest BCUT2D eigenvalue weighted by molar-refractivity contribution is 0.940. The molecule has 0 spiro atoms. The Morgan fingerprint density at radius 1 is 1.15 bits per heavy atom. The van der Waals surface area contributed by atoms with Crippen molar-refractivity contribution in [1.29, 1.82) is 0 Å². The molecule has 2 aliphatic carbocycles. The highest BCUT2D eigenvalue weighted by Gasteiger charge is 2.23. The summed E-state index contributed by atoms with van der Waals surface area (Å²) in [6.07, 6.45) is 16.1. The third kappa shape index (κ3) is 4.90. The Balaban J connectivity index is 1.89. The summed E-state index contributed by atoms with van der Waals surface area (Å²) >= 11 is 0. The third-order valence-corrected chi connectivity index (χ3v) is 5.75. The summed E-state index contributed by atoms with van der Waals surface area (Å²) in [7, 11) is 0. The van der Waals surface area contributed by atoms with Crippen molar-refractivity contribution < 1.29 is 0 Å². The molecule has 2 heteroatoms. The van der Waals surface area contributed by atoms with Crippen LogP contribution in [-0.2, 0) is 0 Å². The van der Waals surface area contributed by atoms with Gasteiger partial charge in [0.2, 0.25) is 0 Å². The lowest BCUT2D eigenvalue weighted by Gasteiger charge is -2.20. The van der Waals surface area contributed by atoms with E-state index in [0.29, 0.717) is 6.42 Å². The molecule has 0 fully saturated rings. The maximum atomic E-state index is 4.72. The summed E-state index contributed by atoms with van der Waals surface area (Å²) in [5.41, 5.74) is 10.7. The third-order valence-electron chi connectivity index (χ3n) is 5.75. The molecular weight excluding hydrogens is 400 g/mol. The van der Waals surface area contributed by atoms with E-state index in [-0.39, 0.29) is 5.92 Å². The molecule has 3 aliphatic rings. The van der Waals surface area contributed by atoms with Gasteiger partial charge in [0.25, 0.3) is 0 Å². The number of rotatable bonds is 4. The van der Waals surface area contributed by atoms with Gasteiger partial charge in [-0.2, -0.15) is 0 Å². The van der Waals surface area contributed by atoms with Gasteiger partial charge >= 0.3 is 0 Å².